The summed E-state index contributed by atoms with van der Waals surface area (Å²) in [6.45, 7) is 4.32. The van der Waals surface area contributed by atoms with Gasteiger partial charge in [-0.15, -0.1) is 0 Å². The minimum absolute atomic E-state index is 0.0610. The van der Waals surface area contributed by atoms with E-state index in [2.05, 4.69) is 4.90 Å². The molecule has 2 atom stereocenters. The summed E-state index contributed by atoms with van der Waals surface area (Å²) in [7, 11) is 0. The van der Waals surface area contributed by atoms with Gasteiger partial charge in [0.05, 0.1) is 5.69 Å². The van der Waals surface area contributed by atoms with Crippen LogP contribution in [0, 0.1) is 11.7 Å². The van der Waals surface area contributed by atoms with Crippen LogP contribution in [0.5, 0.6) is 11.5 Å². The minimum atomic E-state index is -0.201. The van der Waals surface area contributed by atoms with E-state index in [0.29, 0.717) is 18.2 Å². The largest absolute Gasteiger partial charge is 0.486 e. The number of nitrogens with zero attached hydrogens (tertiary/aromatic N) is 2. The Bertz CT molecular complexity index is 875. The molecule has 2 unspecified atom stereocenters. The Morgan fingerprint density at radius 2 is 1.83 bits per heavy atom. The Kier molecular flexibility index (Phi) is 5.28. The van der Waals surface area contributed by atoms with Crippen molar-refractivity contribution in [2.45, 2.75) is 29.3 Å². The van der Waals surface area contributed by atoms with E-state index in [-0.39, 0.29) is 17.4 Å². The van der Waals surface area contributed by atoms with Gasteiger partial charge in [-0.05, 0) is 56.1 Å². The number of anilines is 1. The van der Waals surface area contributed by atoms with E-state index in [1.807, 2.05) is 35.2 Å². The molecule has 1 saturated heterocycles. The summed E-state index contributed by atoms with van der Waals surface area (Å²) < 4.78 is 26.3. The van der Waals surface area contributed by atoms with Crippen LogP contribution in [0.25, 0.3) is 0 Å². The lowest BCUT2D eigenvalue weighted by molar-refractivity contribution is 0.0481. The van der Waals surface area contributed by atoms with Gasteiger partial charge < -0.3 is 20.1 Å². The molecule has 0 aliphatic carbocycles. The molecule has 3 heterocycles. The fourth-order valence-electron chi connectivity index (χ4n) is 4.46. The zero-order valence-electron chi connectivity index (χ0n) is 16.3. The van der Waals surface area contributed by atoms with E-state index in [4.69, 9.17) is 15.2 Å². The number of thioether (sulfide) groups is 1. The van der Waals surface area contributed by atoms with Crippen LogP contribution in [0.15, 0.2) is 47.4 Å². The molecule has 1 fully saturated rings. The van der Waals surface area contributed by atoms with Crippen LogP contribution in [0.4, 0.5) is 10.1 Å². The van der Waals surface area contributed by atoms with E-state index >= 15 is 0 Å². The summed E-state index contributed by atoms with van der Waals surface area (Å²) in [6, 6.07) is 13.1. The van der Waals surface area contributed by atoms with Crippen LogP contribution < -0.4 is 20.1 Å². The fraction of sp³-hybridized carbons (Fsp3) is 0.455. The maximum atomic E-state index is 14.4. The lowest BCUT2D eigenvalue weighted by Crippen LogP contribution is -2.46. The van der Waals surface area contributed by atoms with E-state index < -0.39 is 0 Å². The first kappa shape index (κ1) is 19.0. The molecule has 2 N–H and O–H groups in total. The van der Waals surface area contributed by atoms with Crippen molar-refractivity contribution in [3.05, 3.63) is 48.3 Å². The zero-order chi connectivity index (χ0) is 19.8. The fourth-order valence-corrected chi connectivity index (χ4v) is 5.52. The Balaban J connectivity index is 1.14. The van der Waals surface area contributed by atoms with Gasteiger partial charge in [0.2, 0.25) is 0 Å². The van der Waals surface area contributed by atoms with Gasteiger partial charge in [0, 0.05) is 18.0 Å². The summed E-state index contributed by atoms with van der Waals surface area (Å²) in [4.78, 5) is 5.45. The van der Waals surface area contributed by atoms with E-state index in [1.165, 1.54) is 6.07 Å². The first-order valence-corrected chi connectivity index (χ1v) is 11.1. The van der Waals surface area contributed by atoms with Crippen molar-refractivity contribution >= 4 is 17.4 Å². The van der Waals surface area contributed by atoms with Crippen molar-refractivity contribution in [2.75, 3.05) is 37.7 Å². The number of likely N-dealkylation sites (tertiary alicyclic amines) is 1. The number of hydrogen-bond donors (Lipinski definition) is 1. The Labute approximate surface area is 174 Å². The summed E-state index contributed by atoms with van der Waals surface area (Å²) in [5, 5.41) is 0. The highest BCUT2D eigenvalue weighted by atomic mass is 32.2. The van der Waals surface area contributed by atoms with Gasteiger partial charge in [-0.2, -0.15) is 0 Å². The second kappa shape index (κ2) is 8.05. The number of rotatable bonds is 4. The topological polar surface area (TPSA) is 51.0 Å². The van der Waals surface area contributed by atoms with E-state index in [1.54, 1.807) is 17.8 Å². The maximum Gasteiger partial charge on any atom is 0.161 e. The van der Waals surface area contributed by atoms with Crippen molar-refractivity contribution < 1.29 is 13.9 Å². The summed E-state index contributed by atoms with van der Waals surface area (Å²) >= 11 is 1.54. The lowest BCUT2D eigenvalue weighted by atomic mass is 9.95. The van der Waals surface area contributed by atoms with Gasteiger partial charge in [0.15, 0.2) is 11.5 Å². The lowest BCUT2D eigenvalue weighted by Gasteiger charge is -2.37. The third kappa shape index (κ3) is 3.91. The number of para-hydroxylation sites is 3. The van der Waals surface area contributed by atoms with Gasteiger partial charge in [-0.25, -0.2) is 4.39 Å². The van der Waals surface area contributed by atoms with Crippen LogP contribution in [0.1, 0.15) is 12.8 Å². The van der Waals surface area contributed by atoms with Gasteiger partial charge in [0.1, 0.15) is 24.0 Å². The van der Waals surface area contributed by atoms with Gasteiger partial charge in [0.25, 0.3) is 0 Å². The quantitative estimate of drug-likeness (QED) is 0.825. The van der Waals surface area contributed by atoms with Crippen molar-refractivity contribution in [3.63, 3.8) is 0 Å². The zero-order valence-corrected chi connectivity index (χ0v) is 17.1. The number of benzene rings is 2. The van der Waals surface area contributed by atoms with E-state index in [0.717, 1.165) is 55.4 Å². The number of halogens is 1. The Morgan fingerprint density at radius 3 is 2.66 bits per heavy atom. The highest BCUT2D eigenvalue weighted by molar-refractivity contribution is 8.00. The van der Waals surface area contributed by atoms with Crippen molar-refractivity contribution in [3.8, 4) is 11.5 Å². The molecule has 0 aromatic heterocycles. The van der Waals surface area contributed by atoms with E-state index in [9.17, 15) is 4.39 Å². The summed E-state index contributed by atoms with van der Waals surface area (Å²) in [5.41, 5.74) is 6.77. The molecule has 3 aliphatic rings. The number of nitrogens with two attached hydrogens (primary N) is 1. The first-order chi connectivity index (χ1) is 14.2. The number of hydrogen-bond acceptors (Lipinski definition) is 6. The molecule has 0 saturated carbocycles. The molecule has 0 bridgehead atoms. The number of piperidine rings is 1. The molecule has 2 aromatic carbocycles. The van der Waals surface area contributed by atoms with Crippen LogP contribution >= 0.6 is 11.8 Å². The molecule has 2 aromatic rings. The highest BCUT2D eigenvalue weighted by Gasteiger charge is 2.33. The smallest absolute Gasteiger partial charge is 0.161 e. The number of fused-ring (bicyclic) bond motifs is 2. The number of ether oxygens (including phenoxy) is 2. The van der Waals surface area contributed by atoms with Gasteiger partial charge in [-0.3, -0.25) is 4.90 Å². The summed E-state index contributed by atoms with van der Waals surface area (Å²) in [5.74, 6) is 2.01. The van der Waals surface area contributed by atoms with Crippen LogP contribution in [0.3, 0.4) is 0 Å². The Morgan fingerprint density at radius 1 is 1.03 bits per heavy atom. The molecule has 154 valence electrons. The molecule has 3 aliphatic heterocycles. The normalized spacial score (nSPS) is 24.6. The monoisotopic (exact) mass is 415 g/mol. The Hall–Kier alpha value is -1.96. The minimum Gasteiger partial charge on any atom is -0.486 e. The summed E-state index contributed by atoms with van der Waals surface area (Å²) in [6.07, 6.45) is 2.23. The predicted octanol–water partition coefficient (Wildman–Crippen LogP) is 3.53. The van der Waals surface area contributed by atoms with Gasteiger partial charge in [-0.1, -0.05) is 30.0 Å². The average Bonchev–Trinajstić information content (AvgIpc) is 3.06. The van der Waals surface area contributed by atoms with Gasteiger partial charge >= 0.3 is 0 Å². The van der Waals surface area contributed by atoms with Crippen molar-refractivity contribution in [1.82, 2.24) is 4.90 Å². The molecule has 29 heavy (non-hydrogen) atoms. The van der Waals surface area contributed by atoms with Crippen LogP contribution in [-0.4, -0.2) is 49.3 Å². The molecule has 0 spiro atoms. The second-order valence-corrected chi connectivity index (χ2v) is 9.15. The van der Waals surface area contributed by atoms with Crippen molar-refractivity contribution in [2.24, 2.45) is 11.7 Å². The third-order valence-corrected chi connectivity index (χ3v) is 7.06. The van der Waals surface area contributed by atoms with Crippen LogP contribution in [-0.2, 0) is 0 Å². The first-order valence-electron chi connectivity index (χ1n) is 10.3. The van der Waals surface area contributed by atoms with Crippen LogP contribution in [0.2, 0.25) is 0 Å². The molecule has 5 nitrogen and oxygen atoms in total. The third-order valence-electron chi connectivity index (χ3n) is 5.98. The molecule has 7 heteroatoms. The molecular formula is C22H26FN3O2S. The predicted molar refractivity (Wildman–Crippen MR) is 113 cm³/mol. The second-order valence-electron chi connectivity index (χ2n) is 7.99. The molecular weight excluding hydrogens is 389 g/mol. The standard InChI is InChI=1S/C22H26FN3O2S/c23-17-4-3-7-20-21(17)26(22(24)29-20)12-15-8-10-25(11-9-15)13-16-14-27-18-5-1-2-6-19(18)28-16/h1-7,15-16,22H,8-14,24H2. The highest BCUT2D eigenvalue weighted by Crippen LogP contribution is 2.43. The molecule has 0 amide bonds. The SMILES string of the molecule is NC1Sc2cccc(F)c2N1CC1CCN(CC2COc3ccccc3O2)CC1. The maximum absolute atomic E-state index is 14.4. The average molecular weight is 416 g/mol. The van der Waals surface area contributed by atoms with Crippen molar-refractivity contribution in [1.29, 1.82) is 0 Å². The molecule has 0 radical (unpaired) electrons. The molecule has 5 rings (SSSR count).